The van der Waals surface area contributed by atoms with Gasteiger partial charge in [-0.3, -0.25) is 0 Å². The van der Waals surface area contributed by atoms with Crippen LogP contribution >= 0.6 is 0 Å². The molecule has 1 aliphatic carbocycles. The fraction of sp³-hybridized carbons (Fsp3) is 0.467. The fourth-order valence-electron chi connectivity index (χ4n) is 2.48. The maximum absolute atomic E-state index is 5.90. The lowest BCUT2D eigenvalue weighted by molar-refractivity contribution is 0.0751. The monoisotopic (exact) mass is 273 g/mol. The number of benzene rings is 1. The summed E-state index contributed by atoms with van der Waals surface area (Å²) in [5.74, 6) is 1.66. The normalized spacial score (nSPS) is 16.4. The van der Waals surface area contributed by atoms with Crippen LogP contribution in [0.1, 0.15) is 35.9 Å². The molecule has 0 bridgehead atoms. The number of nitrogen functional groups attached to an aromatic ring is 1. The molecule has 1 fully saturated rings. The number of hydrogen-bond acceptors (Lipinski definition) is 5. The van der Waals surface area contributed by atoms with E-state index in [1.54, 1.807) is 7.11 Å². The fourth-order valence-corrected chi connectivity index (χ4v) is 2.48. The highest BCUT2D eigenvalue weighted by molar-refractivity contribution is 5.66. The molecule has 0 aliphatic heterocycles. The second kappa shape index (κ2) is 4.90. The molecule has 1 atom stereocenters. The first-order chi connectivity index (χ1) is 9.60. The van der Waals surface area contributed by atoms with Gasteiger partial charge in [0.2, 0.25) is 5.82 Å². The van der Waals surface area contributed by atoms with E-state index in [1.165, 1.54) is 12.8 Å². The lowest BCUT2D eigenvalue weighted by Gasteiger charge is -2.08. The summed E-state index contributed by atoms with van der Waals surface area (Å²) in [5, 5.41) is 4.07. The number of hydrogen-bond donors (Lipinski definition) is 1. The Balaban J connectivity index is 1.97. The lowest BCUT2D eigenvalue weighted by atomic mass is 10.0. The standard InChI is InChI=1S/C15H19N3O2/c1-8-6-11(16)7-12(9(8)2)15-17-14(18-20-15)13(19-3)10-4-5-10/h6-7,10,13H,4-5,16H2,1-3H3. The first-order valence-electron chi connectivity index (χ1n) is 6.83. The second-order valence-corrected chi connectivity index (χ2v) is 5.46. The number of methoxy groups -OCH3 is 1. The minimum absolute atomic E-state index is 0.0602. The van der Waals surface area contributed by atoms with E-state index in [0.717, 1.165) is 16.7 Å². The summed E-state index contributed by atoms with van der Waals surface area (Å²) in [4.78, 5) is 4.50. The highest BCUT2D eigenvalue weighted by Gasteiger charge is 2.35. The van der Waals surface area contributed by atoms with Crippen molar-refractivity contribution in [2.24, 2.45) is 5.92 Å². The predicted octanol–water partition coefficient (Wildman–Crippen LogP) is 3.03. The maximum atomic E-state index is 5.90. The molecule has 20 heavy (non-hydrogen) atoms. The van der Waals surface area contributed by atoms with E-state index in [-0.39, 0.29) is 6.10 Å². The van der Waals surface area contributed by atoms with Crippen molar-refractivity contribution in [3.05, 3.63) is 29.1 Å². The van der Waals surface area contributed by atoms with E-state index in [0.29, 0.717) is 23.3 Å². The van der Waals surface area contributed by atoms with Crippen molar-refractivity contribution in [2.75, 3.05) is 12.8 Å². The van der Waals surface area contributed by atoms with E-state index in [4.69, 9.17) is 15.0 Å². The average molecular weight is 273 g/mol. The molecule has 1 heterocycles. The predicted molar refractivity (Wildman–Crippen MR) is 76.1 cm³/mol. The molecule has 1 aromatic carbocycles. The number of aryl methyl sites for hydroxylation is 1. The van der Waals surface area contributed by atoms with Gasteiger partial charge in [-0.1, -0.05) is 5.16 Å². The Morgan fingerprint density at radius 2 is 2.10 bits per heavy atom. The first kappa shape index (κ1) is 13.1. The van der Waals surface area contributed by atoms with E-state index in [2.05, 4.69) is 10.1 Å². The van der Waals surface area contributed by atoms with Gasteiger partial charge in [0, 0.05) is 18.4 Å². The van der Waals surface area contributed by atoms with Crippen molar-refractivity contribution in [1.82, 2.24) is 10.1 Å². The van der Waals surface area contributed by atoms with Crippen molar-refractivity contribution >= 4 is 5.69 Å². The van der Waals surface area contributed by atoms with Gasteiger partial charge in [0.1, 0.15) is 6.10 Å². The van der Waals surface area contributed by atoms with Crippen LogP contribution in [0.5, 0.6) is 0 Å². The Morgan fingerprint density at radius 3 is 2.75 bits per heavy atom. The van der Waals surface area contributed by atoms with E-state index < -0.39 is 0 Å². The Bertz CT molecular complexity index is 632. The molecule has 3 rings (SSSR count). The molecular formula is C15H19N3O2. The van der Waals surface area contributed by atoms with Gasteiger partial charge >= 0.3 is 0 Å². The zero-order chi connectivity index (χ0) is 14.3. The third-order valence-electron chi connectivity index (χ3n) is 3.92. The van der Waals surface area contributed by atoms with Gasteiger partial charge in [-0.15, -0.1) is 0 Å². The van der Waals surface area contributed by atoms with Crippen molar-refractivity contribution in [2.45, 2.75) is 32.8 Å². The van der Waals surface area contributed by atoms with Gasteiger partial charge in [-0.25, -0.2) is 0 Å². The molecule has 1 aromatic heterocycles. The van der Waals surface area contributed by atoms with Gasteiger partial charge in [0.25, 0.3) is 5.89 Å². The van der Waals surface area contributed by atoms with Gasteiger partial charge in [0.05, 0.1) is 0 Å². The minimum atomic E-state index is -0.0602. The van der Waals surface area contributed by atoms with E-state index in [1.807, 2.05) is 26.0 Å². The third-order valence-corrected chi connectivity index (χ3v) is 3.92. The largest absolute Gasteiger partial charge is 0.399 e. The van der Waals surface area contributed by atoms with Crippen LogP contribution in [0.25, 0.3) is 11.5 Å². The number of nitrogens with two attached hydrogens (primary N) is 1. The summed E-state index contributed by atoms with van der Waals surface area (Å²) in [6, 6.07) is 3.82. The maximum Gasteiger partial charge on any atom is 0.258 e. The summed E-state index contributed by atoms with van der Waals surface area (Å²) in [6.45, 7) is 4.05. The minimum Gasteiger partial charge on any atom is -0.399 e. The number of ether oxygens (including phenoxy) is 1. The number of rotatable bonds is 4. The topological polar surface area (TPSA) is 74.2 Å². The molecule has 1 saturated carbocycles. The summed E-state index contributed by atoms with van der Waals surface area (Å²) in [5.41, 5.74) is 9.72. The van der Waals surface area contributed by atoms with Crippen molar-refractivity contribution in [1.29, 1.82) is 0 Å². The van der Waals surface area contributed by atoms with Gasteiger partial charge in [-0.05, 0) is 55.9 Å². The van der Waals surface area contributed by atoms with Crippen LogP contribution in [0, 0.1) is 19.8 Å². The lowest BCUT2D eigenvalue weighted by Crippen LogP contribution is -2.05. The van der Waals surface area contributed by atoms with Crippen LogP contribution in [-0.2, 0) is 4.74 Å². The van der Waals surface area contributed by atoms with Crippen LogP contribution < -0.4 is 5.73 Å². The van der Waals surface area contributed by atoms with Crippen LogP contribution in [0.15, 0.2) is 16.7 Å². The summed E-state index contributed by atoms with van der Waals surface area (Å²) in [6.07, 6.45) is 2.27. The quantitative estimate of drug-likeness (QED) is 0.867. The molecule has 2 aromatic rings. The summed E-state index contributed by atoms with van der Waals surface area (Å²) < 4.78 is 10.9. The number of nitrogens with zero attached hydrogens (tertiary/aromatic N) is 2. The second-order valence-electron chi connectivity index (χ2n) is 5.46. The Morgan fingerprint density at radius 1 is 1.35 bits per heavy atom. The molecule has 5 heteroatoms. The first-order valence-corrected chi connectivity index (χ1v) is 6.83. The molecular weight excluding hydrogens is 254 g/mol. The molecule has 1 aliphatic rings. The zero-order valence-electron chi connectivity index (χ0n) is 12.0. The van der Waals surface area contributed by atoms with Gasteiger partial charge in [-0.2, -0.15) is 4.98 Å². The Hall–Kier alpha value is -1.88. The SMILES string of the molecule is COC(c1noc(-c2cc(N)cc(C)c2C)n1)C1CC1. The summed E-state index contributed by atoms with van der Waals surface area (Å²) >= 11 is 0. The Kier molecular flexibility index (Phi) is 3.22. The van der Waals surface area contributed by atoms with Crippen LogP contribution in [0.4, 0.5) is 5.69 Å². The van der Waals surface area contributed by atoms with Gasteiger partial charge in [0.15, 0.2) is 0 Å². The molecule has 0 saturated heterocycles. The number of aromatic nitrogens is 2. The van der Waals surface area contributed by atoms with Crippen LogP contribution in [0.3, 0.4) is 0 Å². The van der Waals surface area contributed by atoms with Crippen LogP contribution in [-0.4, -0.2) is 17.3 Å². The number of anilines is 1. The molecule has 0 spiro atoms. The molecule has 2 N–H and O–H groups in total. The molecule has 0 radical (unpaired) electrons. The molecule has 106 valence electrons. The summed E-state index contributed by atoms with van der Waals surface area (Å²) in [7, 11) is 1.69. The van der Waals surface area contributed by atoms with E-state index in [9.17, 15) is 0 Å². The van der Waals surface area contributed by atoms with Crippen molar-refractivity contribution in [3.63, 3.8) is 0 Å². The third kappa shape index (κ3) is 2.29. The highest BCUT2D eigenvalue weighted by atomic mass is 16.5. The Labute approximate surface area is 118 Å². The smallest absolute Gasteiger partial charge is 0.258 e. The molecule has 0 amide bonds. The molecule has 5 nitrogen and oxygen atoms in total. The van der Waals surface area contributed by atoms with Crippen molar-refractivity contribution < 1.29 is 9.26 Å². The van der Waals surface area contributed by atoms with Crippen molar-refractivity contribution in [3.8, 4) is 11.5 Å². The zero-order valence-corrected chi connectivity index (χ0v) is 12.0. The highest BCUT2D eigenvalue weighted by Crippen LogP contribution is 2.42. The average Bonchev–Trinajstić information content (AvgIpc) is 3.12. The molecule has 1 unspecified atom stereocenters. The van der Waals surface area contributed by atoms with E-state index >= 15 is 0 Å². The van der Waals surface area contributed by atoms with Gasteiger partial charge < -0.3 is 15.0 Å². The van der Waals surface area contributed by atoms with Crippen LogP contribution in [0.2, 0.25) is 0 Å².